The van der Waals surface area contributed by atoms with E-state index in [0.29, 0.717) is 18.5 Å². The molecule has 28 heavy (non-hydrogen) atoms. The fourth-order valence-corrected chi connectivity index (χ4v) is 6.11. The zero-order chi connectivity index (χ0) is 19.8. The van der Waals surface area contributed by atoms with Gasteiger partial charge in [-0.1, -0.05) is 6.07 Å². The number of aliphatic hydroxyl groups excluding tert-OH is 1. The molecule has 2 saturated heterocycles. The van der Waals surface area contributed by atoms with Gasteiger partial charge in [0.1, 0.15) is 11.4 Å². The van der Waals surface area contributed by atoms with Gasteiger partial charge in [0, 0.05) is 36.0 Å². The number of anilines is 1. The van der Waals surface area contributed by atoms with Gasteiger partial charge in [0.15, 0.2) is 0 Å². The van der Waals surface area contributed by atoms with Crippen LogP contribution in [0.15, 0.2) is 29.5 Å². The van der Waals surface area contributed by atoms with Crippen molar-refractivity contribution in [1.82, 2.24) is 4.90 Å². The van der Waals surface area contributed by atoms with E-state index in [0.717, 1.165) is 35.7 Å². The molecule has 1 aliphatic carbocycles. The van der Waals surface area contributed by atoms with Crippen molar-refractivity contribution in [2.45, 2.75) is 42.9 Å². The smallest absolute Gasteiger partial charge is 0.335 e. The Morgan fingerprint density at radius 2 is 2.18 bits per heavy atom. The maximum atomic E-state index is 12.9. The van der Waals surface area contributed by atoms with Gasteiger partial charge < -0.3 is 25.0 Å². The topological polar surface area (TPSA) is 91.3 Å². The number of fused-ring (bicyclic) bond motifs is 2. The molecule has 150 valence electrons. The number of nitrogens with one attached hydrogen (secondary N) is 1. The minimum absolute atomic E-state index is 0.169. The molecular formula is C21H26N2O5. The van der Waals surface area contributed by atoms with E-state index in [1.165, 1.54) is 7.11 Å². The van der Waals surface area contributed by atoms with Crippen LogP contribution in [0.3, 0.4) is 0 Å². The van der Waals surface area contributed by atoms with Crippen LogP contribution in [0.25, 0.3) is 0 Å². The van der Waals surface area contributed by atoms with Gasteiger partial charge in [-0.2, -0.15) is 0 Å². The Morgan fingerprint density at radius 1 is 1.39 bits per heavy atom. The normalized spacial score (nSPS) is 36.5. The van der Waals surface area contributed by atoms with Gasteiger partial charge in [0.05, 0.1) is 31.3 Å². The first-order chi connectivity index (χ1) is 13.4. The van der Waals surface area contributed by atoms with E-state index in [1.54, 1.807) is 14.0 Å². The van der Waals surface area contributed by atoms with Crippen LogP contribution in [0, 0.1) is 5.92 Å². The molecule has 0 unspecified atom stereocenters. The van der Waals surface area contributed by atoms with E-state index in [2.05, 4.69) is 16.3 Å². The molecule has 0 saturated carbocycles. The minimum Gasteiger partial charge on any atom is -0.497 e. The van der Waals surface area contributed by atoms with Crippen LogP contribution < -0.4 is 10.1 Å². The number of methoxy groups -OCH3 is 2. The molecule has 0 aromatic heterocycles. The number of nitrogens with zero attached hydrogens (tertiary/aromatic N) is 1. The van der Waals surface area contributed by atoms with Crippen molar-refractivity contribution < 1.29 is 24.5 Å². The second-order valence-electron chi connectivity index (χ2n) is 8.48. The number of carbonyl (C=O) groups excluding carboxylic acids is 1. The predicted octanol–water partition coefficient (Wildman–Crippen LogP) is 1.01. The molecule has 5 rings (SSSR count). The van der Waals surface area contributed by atoms with E-state index in [1.807, 2.05) is 12.1 Å². The standard InChI is InChI=1S/C21H26N2O5/c1-11(24)21(26)10-23-7-6-20-13-5-4-12(27-2)8-15(13)22-18(20)17(19(25)28-3)14(21)9-16(20)23/h4-5,8,11,14,16,22,24,26H,6-7,9-10H2,1-3H3/t11-,14+,16-,20+,21+/m0/s1. The van der Waals surface area contributed by atoms with Crippen LogP contribution in [0.2, 0.25) is 0 Å². The van der Waals surface area contributed by atoms with Crippen molar-refractivity contribution in [2.24, 2.45) is 5.92 Å². The average molecular weight is 386 g/mol. The summed E-state index contributed by atoms with van der Waals surface area (Å²) in [5.74, 6) is -0.171. The van der Waals surface area contributed by atoms with Gasteiger partial charge in [-0.05, 0) is 37.9 Å². The summed E-state index contributed by atoms with van der Waals surface area (Å²) < 4.78 is 10.5. The van der Waals surface area contributed by atoms with Crippen LogP contribution in [-0.2, 0) is 14.9 Å². The van der Waals surface area contributed by atoms with E-state index in [4.69, 9.17) is 9.47 Å². The summed E-state index contributed by atoms with van der Waals surface area (Å²) in [6, 6.07) is 6.17. The molecule has 0 amide bonds. The molecule has 2 bridgehead atoms. The van der Waals surface area contributed by atoms with Crippen LogP contribution in [0.4, 0.5) is 5.69 Å². The quantitative estimate of drug-likeness (QED) is 0.668. The van der Waals surface area contributed by atoms with Crippen LogP contribution in [-0.4, -0.2) is 66.1 Å². The highest BCUT2D eigenvalue weighted by molar-refractivity contribution is 5.94. The molecule has 2 fully saturated rings. The SMILES string of the molecule is COC(=O)C1=C2Nc3cc(OC)ccc3[C@@]23CCN2C[C@@](O)([C@H](C)O)[C@@H]1C[C@H]23. The summed E-state index contributed by atoms with van der Waals surface area (Å²) in [6.07, 6.45) is 0.501. The number of aliphatic hydroxyl groups is 2. The largest absolute Gasteiger partial charge is 0.497 e. The zero-order valence-electron chi connectivity index (χ0n) is 16.4. The molecule has 7 nitrogen and oxygen atoms in total. The maximum absolute atomic E-state index is 12.9. The average Bonchev–Trinajstić information content (AvgIpc) is 3.23. The minimum atomic E-state index is -1.39. The van der Waals surface area contributed by atoms with Crippen LogP contribution in [0.1, 0.15) is 25.3 Å². The summed E-state index contributed by atoms with van der Waals surface area (Å²) in [5.41, 5.74) is 1.69. The molecule has 3 heterocycles. The number of carbonyl (C=O) groups is 1. The summed E-state index contributed by atoms with van der Waals surface area (Å²) in [4.78, 5) is 15.2. The lowest BCUT2D eigenvalue weighted by Gasteiger charge is -2.54. The van der Waals surface area contributed by atoms with Crippen molar-refractivity contribution in [1.29, 1.82) is 0 Å². The first-order valence-electron chi connectivity index (χ1n) is 9.80. The van der Waals surface area contributed by atoms with Crippen molar-refractivity contribution in [3.05, 3.63) is 35.0 Å². The van der Waals surface area contributed by atoms with Gasteiger partial charge >= 0.3 is 5.97 Å². The second-order valence-corrected chi connectivity index (χ2v) is 8.48. The Hall–Kier alpha value is -2.09. The number of hydrogen-bond donors (Lipinski definition) is 3. The monoisotopic (exact) mass is 386 g/mol. The number of esters is 1. The number of rotatable bonds is 3. The predicted molar refractivity (Wildman–Crippen MR) is 102 cm³/mol. The number of hydrogen-bond acceptors (Lipinski definition) is 7. The molecular weight excluding hydrogens is 360 g/mol. The van der Waals surface area contributed by atoms with Crippen molar-refractivity contribution in [2.75, 3.05) is 32.6 Å². The molecule has 0 radical (unpaired) electrons. The first-order valence-corrected chi connectivity index (χ1v) is 9.80. The lowest BCUT2D eigenvalue weighted by Crippen LogP contribution is -2.66. The van der Waals surface area contributed by atoms with Crippen molar-refractivity contribution >= 4 is 11.7 Å². The fraction of sp³-hybridized carbons (Fsp3) is 0.571. The van der Waals surface area contributed by atoms with E-state index < -0.39 is 23.6 Å². The number of piperidine rings is 1. The highest BCUT2D eigenvalue weighted by Gasteiger charge is 2.66. The summed E-state index contributed by atoms with van der Waals surface area (Å²) in [6.45, 7) is 2.75. The Kier molecular flexibility index (Phi) is 3.67. The number of ether oxygens (including phenoxy) is 2. The molecule has 5 atom stereocenters. The lowest BCUT2D eigenvalue weighted by atomic mass is 9.58. The molecule has 3 N–H and O–H groups in total. The van der Waals surface area contributed by atoms with Gasteiger partial charge in [0.25, 0.3) is 0 Å². The van der Waals surface area contributed by atoms with Gasteiger partial charge in [-0.25, -0.2) is 4.79 Å². The van der Waals surface area contributed by atoms with E-state index in [-0.39, 0.29) is 11.5 Å². The summed E-state index contributed by atoms with van der Waals surface area (Å²) >= 11 is 0. The van der Waals surface area contributed by atoms with Crippen molar-refractivity contribution in [3.8, 4) is 5.75 Å². The molecule has 1 aromatic rings. The molecule has 1 spiro atoms. The van der Waals surface area contributed by atoms with E-state index >= 15 is 0 Å². The summed E-state index contributed by atoms with van der Waals surface area (Å²) in [5, 5.41) is 25.3. The van der Waals surface area contributed by atoms with Gasteiger partial charge in [-0.15, -0.1) is 0 Å². The first kappa shape index (κ1) is 18.0. The molecule has 1 aromatic carbocycles. The molecule has 4 aliphatic rings. The third-order valence-electron chi connectivity index (χ3n) is 7.48. The van der Waals surface area contributed by atoms with E-state index in [9.17, 15) is 15.0 Å². The molecule has 7 heteroatoms. The Labute approximate surface area is 163 Å². The number of benzene rings is 1. The Bertz CT molecular complexity index is 897. The van der Waals surface area contributed by atoms with Gasteiger partial charge in [0.2, 0.25) is 0 Å². The third-order valence-corrected chi connectivity index (χ3v) is 7.48. The van der Waals surface area contributed by atoms with Crippen LogP contribution in [0.5, 0.6) is 5.75 Å². The Morgan fingerprint density at radius 3 is 2.86 bits per heavy atom. The summed E-state index contributed by atoms with van der Waals surface area (Å²) in [7, 11) is 3.00. The van der Waals surface area contributed by atoms with Crippen LogP contribution >= 0.6 is 0 Å². The highest BCUT2D eigenvalue weighted by Crippen LogP contribution is 2.62. The van der Waals surface area contributed by atoms with Crippen molar-refractivity contribution in [3.63, 3.8) is 0 Å². The highest BCUT2D eigenvalue weighted by atomic mass is 16.5. The molecule has 3 aliphatic heterocycles. The fourth-order valence-electron chi connectivity index (χ4n) is 6.11. The maximum Gasteiger partial charge on any atom is 0.335 e. The van der Waals surface area contributed by atoms with Gasteiger partial charge in [-0.3, -0.25) is 4.90 Å². The zero-order valence-corrected chi connectivity index (χ0v) is 16.4. The third kappa shape index (κ3) is 1.97. The Balaban J connectivity index is 1.78. The lowest BCUT2D eigenvalue weighted by molar-refractivity contribution is -0.157. The second kappa shape index (κ2) is 5.72.